The Bertz CT molecular complexity index is 905. The van der Waals surface area contributed by atoms with Gasteiger partial charge in [0.25, 0.3) is 0 Å². The van der Waals surface area contributed by atoms with Gasteiger partial charge in [-0.1, -0.05) is 52.3 Å². The van der Waals surface area contributed by atoms with Crippen LogP contribution in [0.4, 0.5) is 4.79 Å². The van der Waals surface area contributed by atoms with Crippen molar-refractivity contribution in [3.05, 3.63) is 29.3 Å². The number of unbranched alkanes of at least 4 members (excludes halogenated alkanes) is 1. The van der Waals surface area contributed by atoms with Crippen LogP contribution in [0.15, 0.2) is 18.2 Å². The van der Waals surface area contributed by atoms with E-state index in [1.165, 1.54) is 4.90 Å². The highest BCUT2D eigenvalue weighted by atomic mass is 16.6. The van der Waals surface area contributed by atoms with Crippen molar-refractivity contribution in [2.75, 3.05) is 6.54 Å². The number of carbonyl (C=O) groups excluding carboxylic acids is 3. The van der Waals surface area contributed by atoms with Crippen molar-refractivity contribution in [1.29, 1.82) is 0 Å². The van der Waals surface area contributed by atoms with Gasteiger partial charge in [-0.15, -0.1) is 0 Å². The summed E-state index contributed by atoms with van der Waals surface area (Å²) >= 11 is 0. The van der Waals surface area contributed by atoms with E-state index < -0.39 is 35.2 Å². The van der Waals surface area contributed by atoms with Gasteiger partial charge in [-0.3, -0.25) is 9.59 Å². The van der Waals surface area contributed by atoms with Crippen LogP contribution in [0, 0.1) is 12.8 Å². The fourth-order valence-electron chi connectivity index (χ4n) is 3.83. The number of carbonyl (C=O) groups is 3. The normalized spacial score (nSPS) is 13.6. The quantitative estimate of drug-likeness (QED) is 0.357. The Morgan fingerprint density at radius 3 is 2.19 bits per heavy atom. The molecule has 0 saturated carbocycles. The van der Waals surface area contributed by atoms with Gasteiger partial charge in [0.15, 0.2) is 0 Å². The van der Waals surface area contributed by atoms with Crippen LogP contribution < -0.4 is 10.6 Å². The summed E-state index contributed by atoms with van der Waals surface area (Å²) < 4.78 is 5.41. The summed E-state index contributed by atoms with van der Waals surface area (Å²) in [5.74, 6) is -1.10. The highest BCUT2D eigenvalue weighted by Crippen LogP contribution is 2.37. The summed E-state index contributed by atoms with van der Waals surface area (Å²) in [5.41, 5.74) is -0.555. The number of alkyl carbamates (subject to hydrolysis) is 1. The van der Waals surface area contributed by atoms with E-state index in [0.29, 0.717) is 24.1 Å². The number of nitrogens with zero attached hydrogens (tertiary/aromatic N) is 1. The number of ether oxygens (including phenoxy) is 1. The average Bonchev–Trinajstić information content (AvgIpc) is 2.76. The minimum atomic E-state index is -1.09. The monoisotopic (exact) mass is 505 g/mol. The lowest BCUT2D eigenvalue weighted by atomic mass is 9.89. The Balaban J connectivity index is 3.66. The van der Waals surface area contributed by atoms with E-state index in [-0.39, 0.29) is 17.6 Å². The smallest absolute Gasteiger partial charge is 0.408 e. The third-order valence-electron chi connectivity index (χ3n) is 6.26. The first kappa shape index (κ1) is 31.3. The van der Waals surface area contributed by atoms with Gasteiger partial charge in [-0.2, -0.15) is 0 Å². The number of hydrogen-bond acceptors (Lipinski definition) is 5. The molecule has 0 heterocycles. The summed E-state index contributed by atoms with van der Waals surface area (Å²) in [6.45, 7) is 18.9. The van der Waals surface area contributed by atoms with Gasteiger partial charge in [-0.25, -0.2) is 4.79 Å². The second kappa shape index (κ2) is 13.0. The van der Waals surface area contributed by atoms with Crippen LogP contribution in [0.2, 0.25) is 0 Å². The Labute approximate surface area is 217 Å². The largest absolute Gasteiger partial charge is 0.507 e. The van der Waals surface area contributed by atoms with E-state index in [0.717, 1.165) is 12.8 Å². The minimum absolute atomic E-state index is 0.0287. The van der Waals surface area contributed by atoms with Crippen LogP contribution >= 0.6 is 0 Å². The molecule has 0 aliphatic carbocycles. The first-order chi connectivity index (χ1) is 16.6. The number of para-hydroxylation sites is 1. The van der Waals surface area contributed by atoms with Gasteiger partial charge >= 0.3 is 6.09 Å². The van der Waals surface area contributed by atoms with Crippen molar-refractivity contribution in [3.8, 4) is 5.75 Å². The predicted molar refractivity (Wildman–Crippen MR) is 143 cm³/mol. The van der Waals surface area contributed by atoms with Gasteiger partial charge in [0.2, 0.25) is 11.8 Å². The molecule has 0 spiro atoms. The standard InChI is InChI=1S/C28H47N3O5/c1-11-13-17-29-24(33)22(20-16-14-15-19(5)23(20)32)31(28(9,10)12-2)25(34)21(18(3)4)30-26(35)36-27(6,7)8/h14-16,18,21-22,32H,11-13,17H2,1-10H3,(H,29,33)(H,30,35). The van der Waals surface area contributed by atoms with E-state index in [1.54, 1.807) is 45.9 Å². The lowest BCUT2D eigenvalue weighted by Gasteiger charge is -2.45. The molecule has 2 unspecified atom stereocenters. The van der Waals surface area contributed by atoms with E-state index in [4.69, 9.17) is 4.74 Å². The van der Waals surface area contributed by atoms with Crippen LogP contribution in [0.5, 0.6) is 5.75 Å². The summed E-state index contributed by atoms with van der Waals surface area (Å²) in [5, 5.41) is 16.6. The van der Waals surface area contributed by atoms with Gasteiger partial charge < -0.3 is 25.4 Å². The molecule has 0 bridgehead atoms. The Kier molecular flexibility index (Phi) is 11.3. The molecular formula is C28H47N3O5. The number of hydrogen-bond donors (Lipinski definition) is 3. The van der Waals surface area contributed by atoms with Crippen molar-refractivity contribution in [1.82, 2.24) is 15.5 Å². The van der Waals surface area contributed by atoms with E-state index in [2.05, 4.69) is 10.6 Å². The molecule has 204 valence electrons. The zero-order chi connectivity index (χ0) is 27.8. The summed E-state index contributed by atoms with van der Waals surface area (Å²) in [7, 11) is 0. The van der Waals surface area contributed by atoms with Crippen molar-refractivity contribution >= 4 is 17.9 Å². The minimum Gasteiger partial charge on any atom is -0.507 e. The van der Waals surface area contributed by atoms with Gasteiger partial charge in [-0.05, 0) is 65.9 Å². The maximum Gasteiger partial charge on any atom is 0.408 e. The molecule has 1 aromatic rings. The zero-order valence-corrected chi connectivity index (χ0v) is 23.8. The number of rotatable bonds is 11. The number of aromatic hydroxyl groups is 1. The van der Waals surface area contributed by atoms with Crippen molar-refractivity contribution in [2.24, 2.45) is 5.92 Å². The first-order valence-electron chi connectivity index (χ1n) is 13.0. The van der Waals surface area contributed by atoms with Crippen molar-refractivity contribution in [2.45, 2.75) is 112 Å². The van der Waals surface area contributed by atoms with Crippen LogP contribution in [0.1, 0.15) is 98.7 Å². The molecule has 1 rings (SSSR count). The highest BCUT2D eigenvalue weighted by molar-refractivity contribution is 5.93. The fourth-order valence-corrected chi connectivity index (χ4v) is 3.83. The van der Waals surface area contributed by atoms with Crippen molar-refractivity contribution in [3.63, 3.8) is 0 Å². The molecule has 36 heavy (non-hydrogen) atoms. The number of aryl methyl sites for hydroxylation is 1. The first-order valence-corrected chi connectivity index (χ1v) is 13.0. The van der Waals surface area contributed by atoms with Gasteiger partial charge in [0.1, 0.15) is 23.4 Å². The molecule has 0 aliphatic rings. The number of phenols is 1. The van der Waals surface area contributed by atoms with E-state index >= 15 is 0 Å². The molecule has 2 atom stereocenters. The molecule has 0 aliphatic heterocycles. The molecule has 1 aromatic carbocycles. The second-order valence-electron chi connectivity index (χ2n) is 11.3. The molecule has 8 nitrogen and oxygen atoms in total. The maximum absolute atomic E-state index is 14.2. The predicted octanol–water partition coefficient (Wildman–Crippen LogP) is 5.22. The lowest BCUT2D eigenvalue weighted by molar-refractivity contribution is -0.150. The number of nitrogens with one attached hydrogen (secondary N) is 2. The SMILES string of the molecule is CCCCNC(=O)C(c1cccc(C)c1O)N(C(=O)C(NC(=O)OC(C)(C)C)C(C)C)C(C)(C)CC. The van der Waals surface area contributed by atoms with Crippen LogP contribution in [-0.2, 0) is 14.3 Å². The summed E-state index contributed by atoms with van der Waals surface area (Å²) in [6, 6.07) is 3.15. The lowest BCUT2D eigenvalue weighted by Crippen LogP contribution is -2.60. The molecule has 0 saturated heterocycles. The number of benzene rings is 1. The second-order valence-corrected chi connectivity index (χ2v) is 11.3. The average molecular weight is 506 g/mol. The third kappa shape index (κ3) is 8.42. The van der Waals surface area contributed by atoms with Gasteiger partial charge in [0, 0.05) is 17.6 Å². The zero-order valence-electron chi connectivity index (χ0n) is 23.8. The van der Waals surface area contributed by atoms with E-state index in [1.807, 2.05) is 41.5 Å². The molecule has 3 N–H and O–H groups in total. The fraction of sp³-hybridized carbons (Fsp3) is 0.679. The molecule has 3 amide bonds. The summed E-state index contributed by atoms with van der Waals surface area (Å²) in [6.07, 6.45) is 1.53. The number of phenolic OH excluding ortho intramolecular Hbond substituents is 1. The Morgan fingerprint density at radius 1 is 1.08 bits per heavy atom. The van der Waals surface area contributed by atoms with Crippen molar-refractivity contribution < 1.29 is 24.2 Å². The summed E-state index contributed by atoms with van der Waals surface area (Å²) in [4.78, 5) is 42.1. The van der Waals surface area contributed by atoms with Crippen LogP contribution in [-0.4, -0.2) is 51.6 Å². The van der Waals surface area contributed by atoms with Gasteiger partial charge in [0.05, 0.1) is 0 Å². The molecule has 0 fully saturated rings. The number of amides is 3. The third-order valence-corrected chi connectivity index (χ3v) is 6.26. The van der Waals surface area contributed by atoms with E-state index in [9.17, 15) is 19.5 Å². The maximum atomic E-state index is 14.2. The topological polar surface area (TPSA) is 108 Å². The Hall–Kier alpha value is -2.77. The Morgan fingerprint density at radius 2 is 1.69 bits per heavy atom. The molecule has 0 radical (unpaired) electrons. The molecule has 0 aromatic heterocycles. The van der Waals surface area contributed by atoms with Crippen LogP contribution in [0.3, 0.4) is 0 Å². The van der Waals surface area contributed by atoms with Crippen LogP contribution in [0.25, 0.3) is 0 Å². The highest BCUT2D eigenvalue weighted by Gasteiger charge is 2.44. The molecule has 8 heteroatoms. The molecular weight excluding hydrogens is 458 g/mol.